The van der Waals surface area contributed by atoms with E-state index < -0.39 is 24.1 Å². The lowest BCUT2D eigenvalue weighted by Crippen LogP contribution is -2.41. The Kier molecular flexibility index (Phi) is 4.00. The van der Waals surface area contributed by atoms with E-state index in [1.54, 1.807) is 6.08 Å². The van der Waals surface area contributed by atoms with E-state index in [-0.39, 0.29) is 6.61 Å². The minimum absolute atomic E-state index is 0.212. The van der Waals surface area contributed by atoms with Gasteiger partial charge in [0.2, 0.25) is 0 Å². The number of aliphatic hydroxyl groups excluding tert-OH is 1. The van der Waals surface area contributed by atoms with Crippen molar-refractivity contribution in [3.8, 4) is 0 Å². The molecule has 1 aliphatic heterocycles. The molecule has 0 radical (unpaired) electrons. The van der Waals surface area contributed by atoms with Crippen LogP contribution < -0.4 is 0 Å². The zero-order chi connectivity index (χ0) is 15.0. The van der Waals surface area contributed by atoms with Crippen molar-refractivity contribution in [3.63, 3.8) is 0 Å². The third-order valence-corrected chi connectivity index (χ3v) is 3.82. The van der Waals surface area contributed by atoms with Gasteiger partial charge in [0.1, 0.15) is 5.82 Å². The van der Waals surface area contributed by atoms with Crippen molar-refractivity contribution in [2.45, 2.75) is 38.9 Å². The maximum Gasteiger partial charge on any atom is 0.492 e. The minimum Gasteiger partial charge on any atom is -0.400 e. The van der Waals surface area contributed by atoms with E-state index in [0.717, 1.165) is 6.20 Å². The zero-order valence-electron chi connectivity index (χ0n) is 12.2. The average molecular weight is 279 g/mol. The van der Waals surface area contributed by atoms with Crippen molar-refractivity contribution < 1.29 is 18.8 Å². The average Bonchev–Trinajstić information content (AvgIpc) is 2.57. The fraction of sp³-hybridized carbons (Fsp3) is 0.500. The van der Waals surface area contributed by atoms with Gasteiger partial charge in [0.15, 0.2) is 0 Å². The van der Waals surface area contributed by atoms with Crippen LogP contribution in [0.15, 0.2) is 23.8 Å². The van der Waals surface area contributed by atoms with Crippen molar-refractivity contribution in [3.05, 3.63) is 35.3 Å². The van der Waals surface area contributed by atoms with Crippen LogP contribution in [0.2, 0.25) is 0 Å². The lowest BCUT2D eigenvalue weighted by atomic mass is 9.78. The quantitative estimate of drug-likeness (QED) is 0.862. The number of halogens is 1. The fourth-order valence-electron chi connectivity index (χ4n) is 1.85. The van der Waals surface area contributed by atoms with Gasteiger partial charge < -0.3 is 14.4 Å². The second-order valence-corrected chi connectivity index (χ2v) is 5.87. The highest BCUT2D eigenvalue weighted by molar-refractivity contribution is 6.55. The van der Waals surface area contributed by atoms with Crippen molar-refractivity contribution >= 4 is 13.2 Å². The molecule has 0 spiro atoms. The Bertz CT molecular complexity index is 498. The van der Waals surface area contributed by atoms with E-state index in [4.69, 9.17) is 9.31 Å². The molecule has 0 saturated carbocycles. The molecule has 1 saturated heterocycles. The zero-order valence-corrected chi connectivity index (χ0v) is 12.2. The Morgan fingerprint density at radius 1 is 1.30 bits per heavy atom. The van der Waals surface area contributed by atoms with Crippen molar-refractivity contribution in [1.82, 2.24) is 4.98 Å². The number of hydrogen-bond donors (Lipinski definition) is 1. The molecule has 108 valence electrons. The van der Waals surface area contributed by atoms with Gasteiger partial charge in [-0.15, -0.1) is 0 Å². The summed E-state index contributed by atoms with van der Waals surface area (Å²) in [6.07, 6.45) is 2.78. The molecule has 0 unspecified atom stereocenters. The van der Waals surface area contributed by atoms with Crippen LogP contribution >= 0.6 is 0 Å². The predicted octanol–water partition coefficient (Wildman–Crippen LogP) is 2.23. The molecule has 1 aliphatic rings. The predicted molar refractivity (Wildman–Crippen MR) is 75.3 cm³/mol. The van der Waals surface area contributed by atoms with Crippen LogP contribution in [0.5, 0.6) is 0 Å². The van der Waals surface area contributed by atoms with E-state index >= 15 is 0 Å². The van der Waals surface area contributed by atoms with Gasteiger partial charge in [-0.2, -0.15) is 0 Å². The third-order valence-electron chi connectivity index (χ3n) is 3.82. The smallest absolute Gasteiger partial charge is 0.400 e. The van der Waals surface area contributed by atoms with Crippen molar-refractivity contribution in [1.29, 1.82) is 0 Å². The first-order chi connectivity index (χ1) is 9.25. The molecule has 0 bridgehead atoms. The molecular weight excluding hydrogens is 260 g/mol. The molecule has 1 N–H and O–H groups in total. The standard InChI is InChI=1S/C14H19BFNO3/c1-13(2)14(3,4)20-15(19-13)10(9-18)7-12-6-5-11(16)8-17-12/h5-8,18H,9H2,1-4H3. The van der Waals surface area contributed by atoms with Gasteiger partial charge >= 0.3 is 7.12 Å². The summed E-state index contributed by atoms with van der Waals surface area (Å²) in [5.74, 6) is -0.400. The molecule has 0 aromatic carbocycles. The van der Waals surface area contributed by atoms with Crippen LogP contribution in [0.1, 0.15) is 33.4 Å². The molecule has 0 atom stereocenters. The van der Waals surface area contributed by atoms with Gasteiger partial charge in [0.25, 0.3) is 0 Å². The van der Waals surface area contributed by atoms with E-state index in [9.17, 15) is 9.50 Å². The number of hydrogen-bond acceptors (Lipinski definition) is 4. The SMILES string of the molecule is CC1(C)OB(C(=Cc2ccc(F)cn2)CO)OC1(C)C. The maximum absolute atomic E-state index is 12.8. The molecule has 1 aromatic rings. The number of aromatic nitrogens is 1. The number of nitrogens with zero attached hydrogens (tertiary/aromatic N) is 1. The summed E-state index contributed by atoms with van der Waals surface area (Å²) in [6.45, 7) is 7.56. The Balaban J connectivity index is 2.24. The number of pyridine rings is 1. The largest absolute Gasteiger partial charge is 0.492 e. The summed E-state index contributed by atoms with van der Waals surface area (Å²) in [6, 6.07) is 2.86. The summed E-state index contributed by atoms with van der Waals surface area (Å²) in [5, 5.41) is 9.51. The van der Waals surface area contributed by atoms with Gasteiger partial charge in [-0.3, -0.25) is 4.98 Å². The van der Waals surface area contributed by atoms with Crippen LogP contribution in [0, 0.1) is 5.82 Å². The Morgan fingerprint density at radius 3 is 2.35 bits per heavy atom. The van der Waals surface area contributed by atoms with Gasteiger partial charge in [0, 0.05) is 0 Å². The first-order valence-corrected chi connectivity index (χ1v) is 6.54. The molecule has 2 heterocycles. The summed E-state index contributed by atoms with van der Waals surface area (Å²) >= 11 is 0. The summed E-state index contributed by atoms with van der Waals surface area (Å²) < 4.78 is 24.5. The van der Waals surface area contributed by atoms with Crippen LogP contribution in [0.25, 0.3) is 6.08 Å². The third kappa shape index (κ3) is 2.92. The number of rotatable bonds is 3. The van der Waals surface area contributed by atoms with E-state index in [1.807, 2.05) is 27.7 Å². The first-order valence-electron chi connectivity index (χ1n) is 6.54. The summed E-state index contributed by atoms with van der Waals surface area (Å²) in [5.41, 5.74) is 0.164. The second-order valence-electron chi connectivity index (χ2n) is 5.87. The Hall–Kier alpha value is -1.24. The summed E-state index contributed by atoms with van der Waals surface area (Å²) in [7, 11) is -0.628. The Morgan fingerprint density at radius 2 is 1.90 bits per heavy atom. The van der Waals surface area contributed by atoms with E-state index in [0.29, 0.717) is 11.2 Å². The van der Waals surface area contributed by atoms with Crippen LogP contribution in [-0.4, -0.2) is 35.0 Å². The maximum atomic E-state index is 12.8. The highest BCUT2D eigenvalue weighted by Crippen LogP contribution is 2.38. The molecule has 2 rings (SSSR count). The van der Waals surface area contributed by atoms with E-state index in [2.05, 4.69) is 4.98 Å². The van der Waals surface area contributed by atoms with E-state index in [1.165, 1.54) is 12.1 Å². The van der Waals surface area contributed by atoms with Gasteiger partial charge in [-0.05, 0) is 51.4 Å². The lowest BCUT2D eigenvalue weighted by Gasteiger charge is -2.32. The molecule has 1 fully saturated rings. The molecule has 0 aliphatic carbocycles. The van der Waals surface area contributed by atoms with Gasteiger partial charge in [0.05, 0.1) is 29.7 Å². The number of aliphatic hydroxyl groups is 1. The molecule has 0 amide bonds. The van der Waals surface area contributed by atoms with Crippen LogP contribution in [-0.2, 0) is 9.31 Å². The molecule has 20 heavy (non-hydrogen) atoms. The molecule has 1 aromatic heterocycles. The van der Waals surface area contributed by atoms with Crippen molar-refractivity contribution in [2.24, 2.45) is 0 Å². The van der Waals surface area contributed by atoms with Crippen LogP contribution in [0.4, 0.5) is 4.39 Å². The molecule has 4 nitrogen and oxygen atoms in total. The minimum atomic E-state index is -0.628. The molecule has 6 heteroatoms. The first kappa shape index (κ1) is 15.2. The van der Waals surface area contributed by atoms with Gasteiger partial charge in [-0.1, -0.05) is 0 Å². The van der Waals surface area contributed by atoms with Crippen LogP contribution in [0.3, 0.4) is 0 Å². The summed E-state index contributed by atoms with van der Waals surface area (Å²) in [4.78, 5) is 3.94. The highest BCUT2D eigenvalue weighted by atomic mass is 19.1. The normalized spacial score (nSPS) is 21.3. The topological polar surface area (TPSA) is 51.6 Å². The second kappa shape index (κ2) is 5.28. The van der Waals surface area contributed by atoms with Gasteiger partial charge in [-0.25, -0.2) is 4.39 Å². The Labute approximate surface area is 118 Å². The van der Waals surface area contributed by atoms with Crippen molar-refractivity contribution in [2.75, 3.05) is 6.61 Å². The highest BCUT2D eigenvalue weighted by Gasteiger charge is 2.52. The molecular formula is C14H19BFNO3. The fourth-order valence-corrected chi connectivity index (χ4v) is 1.85. The lowest BCUT2D eigenvalue weighted by molar-refractivity contribution is 0.00578. The monoisotopic (exact) mass is 279 g/mol.